The van der Waals surface area contributed by atoms with Crippen LogP contribution in [0.1, 0.15) is 30.6 Å². The minimum absolute atomic E-state index is 0.162. The quantitative estimate of drug-likeness (QED) is 0.733. The summed E-state index contributed by atoms with van der Waals surface area (Å²) in [4.78, 5) is 26.5. The van der Waals surface area contributed by atoms with Gasteiger partial charge in [0, 0.05) is 31.6 Å². The topological polar surface area (TPSA) is 79.9 Å². The van der Waals surface area contributed by atoms with Crippen LogP contribution in [0.15, 0.2) is 54.6 Å². The van der Waals surface area contributed by atoms with Crippen molar-refractivity contribution >= 4 is 11.8 Å². The summed E-state index contributed by atoms with van der Waals surface area (Å²) in [6.07, 6.45) is 0.634. The fourth-order valence-corrected chi connectivity index (χ4v) is 3.29. The average molecular weight is 397 g/mol. The Kier molecular flexibility index (Phi) is 7.21. The summed E-state index contributed by atoms with van der Waals surface area (Å²) in [5.41, 5.74) is 5.35. The van der Waals surface area contributed by atoms with Crippen molar-refractivity contribution in [2.75, 3.05) is 19.6 Å². The van der Waals surface area contributed by atoms with E-state index in [1.807, 2.05) is 44.2 Å². The van der Waals surface area contributed by atoms with Crippen LogP contribution in [0.3, 0.4) is 0 Å². The molecule has 154 valence electrons. The third-order valence-corrected chi connectivity index (χ3v) is 4.56. The number of ether oxygens (including phenoxy) is 2. The van der Waals surface area contributed by atoms with Crippen LogP contribution in [-0.2, 0) is 9.53 Å². The first-order valence-corrected chi connectivity index (χ1v) is 9.79. The zero-order valence-corrected chi connectivity index (χ0v) is 16.8. The molecule has 0 spiro atoms. The maximum absolute atomic E-state index is 12.2. The van der Waals surface area contributed by atoms with Crippen LogP contribution in [-0.4, -0.2) is 48.6 Å². The number of benzene rings is 2. The summed E-state index contributed by atoms with van der Waals surface area (Å²) in [5, 5.41) is 0. The van der Waals surface area contributed by atoms with Crippen LogP contribution in [0.5, 0.6) is 11.5 Å². The van der Waals surface area contributed by atoms with E-state index in [1.54, 1.807) is 24.3 Å². The van der Waals surface area contributed by atoms with Gasteiger partial charge < -0.3 is 9.47 Å². The third kappa shape index (κ3) is 6.58. The lowest BCUT2D eigenvalue weighted by atomic mass is 10.2. The maximum atomic E-state index is 12.2. The normalized spacial score (nSPS) is 19.4. The molecule has 1 heterocycles. The van der Waals surface area contributed by atoms with E-state index < -0.39 is 0 Å². The number of hydrogen-bond donors (Lipinski definition) is 2. The molecule has 1 aliphatic rings. The highest BCUT2D eigenvalue weighted by molar-refractivity contribution is 5.95. The van der Waals surface area contributed by atoms with Crippen molar-refractivity contribution in [1.82, 2.24) is 15.8 Å². The summed E-state index contributed by atoms with van der Waals surface area (Å²) in [6.45, 7) is 6.30. The Hall–Kier alpha value is -2.90. The Morgan fingerprint density at radius 2 is 1.59 bits per heavy atom. The van der Waals surface area contributed by atoms with Crippen molar-refractivity contribution in [3.05, 3.63) is 60.2 Å². The van der Waals surface area contributed by atoms with Crippen LogP contribution in [0, 0.1) is 0 Å². The molecule has 0 aliphatic carbocycles. The number of hydrogen-bond acceptors (Lipinski definition) is 5. The van der Waals surface area contributed by atoms with E-state index in [0.29, 0.717) is 24.3 Å². The minimum Gasteiger partial charge on any atom is -0.457 e. The molecule has 2 aromatic rings. The van der Waals surface area contributed by atoms with Gasteiger partial charge in [-0.15, -0.1) is 0 Å². The zero-order valence-electron chi connectivity index (χ0n) is 16.8. The molecule has 2 N–H and O–H groups in total. The Balaban J connectivity index is 1.41. The summed E-state index contributed by atoms with van der Waals surface area (Å²) >= 11 is 0. The van der Waals surface area contributed by atoms with E-state index in [-0.39, 0.29) is 24.0 Å². The molecule has 3 rings (SSSR count). The first-order valence-electron chi connectivity index (χ1n) is 9.79. The predicted octanol–water partition coefficient (Wildman–Crippen LogP) is 2.74. The smallest absolute Gasteiger partial charge is 0.269 e. The number of hydrazine groups is 1. The summed E-state index contributed by atoms with van der Waals surface area (Å²) in [5.74, 6) is 0.749. The summed E-state index contributed by atoms with van der Waals surface area (Å²) in [6, 6.07) is 16.1. The zero-order chi connectivity index (χ0) is 20.6. The number of carbonyl (C=O) groups is 2. The molecule has 0 unspecified atom stereocenters. The summed E-state index contributed by atoms with van der Waals surface area (Å²) in [7, 11) is 0. The second-order valence-corrected chi connectivity index (χ2v) is 7.21. The molecule has 29 heavy (non-hydrogen) atoms. The lowest BCUT2D eigenvalue weighted by Crippen LogP contribution is -2.47. The van der Waals surface area contributed by atoms with Gasteiger partial charge in [-0.05, 0) is 50.2 Å². The Labute approximate surface area is 171 Å². The average Bonchev–Trinajstić information content (AvgIpc) is 2.71. The lowest BCUT2D eigenvalue weighted by molar-refractivity contribution is -0.123. The van der Waals surface area contributed by atoms with E-state index in [4.69, 9.17) is 9.47 Å². The highest BCUT2D eigenvalue weighted by atomic mass is 16.5. The van der Waals surface area contributed by atoms with E-state index >= 15 is 0 Å². The number of nitrogens with zero attached hydrogens (tertiary/aromatic N) is 1. The second-order valence-electron chi connectivity index (χ2n) is 7.21. The molecule has 0 aromatic heterocycles. The van der Waals surface area contributed by atoms with Gasteiger partial charge in [0.05, 0.1) is 12.2 Å². The van der Waals surface area contributed by atoms with Gasteiger partial charge in [0.25, 0.3) is 5.91 Å². The van der Waals surface area contributed by atoms with Crippen molar-refractivity contribution in [3.63, 3.8) is 0 Å². The van der Waals surface area contributed by atoms with Crippen molar-refractivity contribution < 1.29 is 19.1 Å². The van der Waals surface area contributed by atoms with Gasteiger partial charge in [0.2, 0.25) is 5.91 Å². The Morgan fingerprint density at radius 3 is 2.24 bits per heavy atom. The molecule has 0 bridgehead atoms. The molecular weight excluding hydrogens is 370 g/mol. The molecule has 0 radical (unpaired) electrons. The summed E-state index contributed by atoms with van der Waals surface area (Å²) < 4.78 is 11.4. The molecule has 1 saturated heterocycles. The molecule has 2 atom stereocenters. The molecule has 2 aromatic carbocycles. The molecule has 1 aliphatic heterocycles. The van der Waals surface area contributed by atoms with Crippen molar-refractivity contribution in [1.29, 1.82) is 0 Å². The number of para-hydroxylation sites is 1. The van der Waals surface area contributed by atoms with Gasteiger partial charge in [-0.25, -0.2) is 0 Å². The van der Waals surface area contributed by atoms with Gasteiger partial charge in [-0.3, -0.25) is 25.3 Å². The predicted molar refractivity (Wildman–Crippen MR) is 110 cm³/mol. The van der Waals surface area contributed by atoms with Crippen molar-refractivity contribution in [2.45, 2.75) is 32.5 Å². The Morgan fingerprint density at radius 1 is 0.966 bits per heavy atom. The van der Waals surface area contributed by atoms with Gasteiger partial charge in [-0.2, -0.15) is 0 Å². The minimum atomic E-state index is -0.377. The Bertz CT molecular complexity index is 801. The fraction of sp³-hybridized carbons (Fsp3) is 0.364. The number of rotatable bonds is 6. The largest absolute Gasteiger partial charge is 0.457 e. The van der Waals surface area contributed by atoms with E-state index in [1.165, 1.54) is 0 Å². The number of carbonyl (C=O) groups excluding carboxylic acids is 2. The van der Waals surface area contributed by atoms with Crippen LogP contribution in [0.4, 0.5) is 0 Å². The van der Waals surface area contributed by atoms with Crippen LogP contribution >= 0.6 is 0 Å². The fourth-order valence-electron chi connectivity index (χ4n) is 3.29. The molecule has 0 saturated carbocycles. The second kappa shape index (κ2) is 10.0. The van der Waals surface area contributed by atoms with E-state index in [9.17, 15) is 9.59 Å². The highest BCUT2D eigenvalue weighted by Gasteiger charge is 2.22. The number of amides is 2. The van der Waals surface area contributed by atoms with Crippen LogP contribution in [0.2, 0.25) is 0 Å². The number of morpholine rings is 1. The van der Waals surface area contributed by atoms with Crippen molar-refractivity contribution in [3.8, 4) is 11.5 Å². The molecule has 7 heteroatoms. The third-order valence-electron chi connectivity index (χ3n) is 4.56. The monoisotopic (exact) mass is 397 g/mol. The van der Waals surface area contributed by atoms with Gasteiger partial charge in [0.1, 0.15) is 11.5 Å². The van der Waals surface area contributed by atoms with E-state index in [2.05, 4.69) is 15.8 Å². The molecule has 1 fully saturated rings. The van der Waals surface area contributed by atoms with E-state index in [0.717, 1.165) is 18.8 Å². The lowest BCUT2D eigenvalue weighted by Gasteiger charge is -2.35. The van der Waals surface area contributed by atoms with Crippen molar-refractivity contribution in [2.24, 2.45) is 0 Å². The molecular formula is C22H27N3O4. The van der Waals surface area contributed by atoms with Gasteiger partial charge in [0.15, 0.2) is 0 Å². The highest BCUT2D eigenvalue weighted by Crippen LogP contribution is 2.21. The maximum Gasteiger partial charge on any atom is 0.269 e. The van der Waals surface area contributed by atoms with Crippen LogP contribution < -0.4 is 15.6 Å². The molecule has 7 nitrogen and oxygen atoms in total. The van der Waals surface area contributed by atoms with Gasteiger partial charge >= 0.3 is 0 Å². The standard InChI is InChI=1S/C22H27N3O4/c1-16-14-25(15-17(2)28-16)13-12-21(26)23-24-22(27)18-8-10-20(11-9-18)29-19-6-4-3-5-7-19/h3-11,16-17H,12-15H2,1-2H3,(H,23,26)(H,24,27)/t16-,17-/m1/s1. The molecule has 2 amide bonds. The first kappa shape index (κ1) is 20.8. The SMILES string of the molecule is C[C@@H]1CN(CCC(=O)NNC(=O)c2ccc(Oc3ccccc3)cc2)C[C@@H](C)O1. The number of nitrogens with one attached hydrogen (secondary N) is 2. The first-order chi connectivity index (χ1) is 14.0. The van der Waals surface area contributed by atoms with Crippen LogP contribution in [0.25, 0.3) is 0 Å². The van der Waals surface area contributed by atoms with Gasteiger partial charge in [-0.1, -0.05) is 18.2 Å².